The lowest BCUT2D eigenvalue weighted by molar-refractivity contribution is -0.116. The quantitative estimate of drug-likeness (QED) is 0.510. The molecular weight excluding hydrogens is 434 g/mol. The van der Waals surface area contributed by atoms with Crippen molar-refractivity contribution in [2.24, 2.45) is 4.99 Å². The lowest BCUT2D eigenvalue weighted by Gasteiger charge is -2.33. The van der Waals surface area contributed by atoms with E-state index in [1.54, 1.807) is 19.5 Å². The van der Waals surface area contributed by atoms with E-state index in [0.717, 1.165) is 55.9 Å². The first-order valence-corrected chi connectivity index (χ1v) is 12.0. The summed E-state index contributed by atoms with van der Waals surface area (Å²) in [4.78, 5) is 26.4. The number of ether oxygens (including phenoxy) is 1. The Hall–Kier alpha value is -2.59. The molecular formula is C25H35N5O4. The van der Waals surface area contributed by atoms with E-state index in [1.807, 2.05) is 22.9 Å². The van der Waals surface area contributed by atoms with Crippen LogP contribution in [0.1, 0.15) is 24.3 Å². The van der Waals surface area contributed by atoms with Crippen LogP contribution in [0, 0.1) is 0 Å². The molecule has 3 heterocycles. The number of β-amino-alcohol motifs (C(OH)–C–C–N with tert-alkyl or cyclic N) is 1. The number of aromatic nitrogens is 2. The molecule has 1 aliphatic heterocycles. The molecule has 4 rings (SSSR count). The molecule has 1 saturated heterocycles. The fourth-order valence-corrected chi connectivity index (χ4v) is 4.85. The fourth-order valence-electron chi connectivity index (χ4n) is 4.85. The van der Waals surface area contributed by atoms with E-state index in [4.69, 9.17) is 9.84 Å². The molecule has 0 spiro atoms. The van der Waals surface area contributed by atoms with Gasteiger partial charge in [-0.25, -0.2) is 4.98 Å². The van der Waals surface area contributed by atoms with E-state index in [2.05, 4.69) is 19.8 Å². The number of methoxy groups -OCH3 is 1. The van der Waals surface area contributed by atoms with Gasteiger partial charge >= 0.3 is 0 Å². The number of allylic oxidation sites excluding steroid dienone is 2. The molecule has 9 nitrogen and oxygen atoms in total. The van der Waals surface area contributed by atoms with Gasteiger partial charge in [-0.2, -0.15) is 0 Å². The summed E-state index contributed by atoms with van der Waals surface area (Å²) in [6.45, 7) is 7.47. The first kappa shape index (κ1) is 24.5. The van der Waals surface area contributed by atoms with E-state index in [9.17, 15) is 9.90 Å². The number of aliphatic imine (C=N–C) groups is 1. The minimum atomic E-state index is -0.0800. The zero-order valence-electron chi connectivity index (χ0n) is 19.9. The van der Waals surface area contributed by atoms with Crippen LogP contribution in [0.5, 0.6) is 0 Å². The van der Waals surface area contributed by atoms with Crippen molar-refractivity contribution in [3.63, 3.8) is 0 Å². The molecule has 1 unspecified atom stereocenters. The van der Waals surface area contributed by atoms with Gasteiger partial charge in [0.2, 0.25) is 0 Å². The van der Waals surface area contributed by atoms with Crippen molar-refractivity contribution >= 4 is 23.0 Å². The largest absolute Gasteiger partial charge is 0.511 e. The summed E-state index contributed by atoms with van der Waals surface area (Å²) in [5.41, 5.74) is 2.25. The van der Waals surface area contributed by atoms with Gasteiger partial charge in [-0.15, -0.1) is 0 Å². The smallest absolute Gasteiger partial charge is 0.168 e. The summed E-state index contributed by atoms with van der Waals surface area (Å²) in [6, 6.07) is 3.98. The van der Waals surface area contributed by atoms with Crippen LogP contribution in [0.25, 0.3) is 11.0 Å². The summed E-state index contributed by atoms with van der Waals surface area (Å²) in [6.07, 6.45) is 6.08. The number of aliphatic hydroxyl groups excluding tert-OH is 2. The van der Waals surface area contributed by atoms with Gasteiger partial charge in [0, 0.05) is 89.8 Å². The number of carbonyl (C=O) groups is 1. The number of Topliss-reactive ketones (excluding diaryl/α,β-unsaturated/α-hetero) is 1. The monoisotopic (exact) mass is 469 g/mol. The Bertz CT molecular complexity index is 1040. The summed E-state index contributed by atoms with van der Waals surface area (Å²) in [7, 11) is 1.68. The van der Waals surface area contributed by atoms with Crippen LogP contribution in [0.2, 0.25) is 0 Å². The number of nitrogens with zero attached hydrogens (tertiary/aromatic N) is 5. The summed E-state index contributed by atoms with van der Waals surface area (Å²) < 4.78 is 7.23. The first-order chi connectivity index (χ1) is 16.6. The molecule has 0 amide bonds. The number of ketones is 1. The highest BCUT2D eigenvalue weighted by atomic mass is 16.5. The Labute approximate surface area is 200 Å². The van der Waals surface area contributed by atoms with Crippen LogP contribution >= 0.6 is 0 Å². The van der Waals surface area contributed by atoms with E-state index in [1.165, 1.54) is 0 Å². The predicted molar refractivity (Wildman–Crippen MR) is 132 cm³/mol. The molecule has 2 aromatic heterocycles. The van der Waals surface area contributed by atoms with Crippen LogP contribution in [0.15, 0.2) is 40.9 Å². The van der Waals surface area contributed by atoms with E-state index >= 15 is 0 Å². The maximum absolute atomic E-state index is 12.9. The number of aliphatic hydroxyl groups is 2. The number of hydrogen-bond donors (Lipinski definition) is 2. The lowest BCUT2D eigenvalue weighted by atomic mass is 9.82. The van der Waals surface area contributed by atoms with Gasteiger partial charge in [0.25, 0.3) is 0 Å². The molecule has 1 atom stereocenters. The molecule has 34 heavy (non-hydrogen) atoms. The third kappa shape index (κ3) is 5.72. The Morgan fingerprint density at radius 3 is 2.62 bits per heavy atom. The third-order valence-corrected chi connectivity index (χ3v) is 6.80. The SMILES string of the molecule is COCCn1ccc2c(C3CC(=O)C(C=NCCN4CCN(CCO)CC4)=C(O)C3)ccnc21. The highest BCUT2D eigenvalue weighted by molar-refractivity contribution is 6.14. The van der Waals surface area contributed by atoms with E-state index in [-0.39, 0.29) is 24.1 Å². The molecule has 2 N–H and O–H groups in total. The van der Waals surface area contributed by atoms with E-state index in [0.29, 0.717) is 38.1 Å². The third-order valence-electron chi connectivity index (χ3n) is 6.80. The number of pyridine rings is 1. The molecule has 2 aromatic rings. The van der Waals surface area contributed by atoms with Crippen LogP contribution in [-0.2, 0) is 16.1 Å². The zero-order chi connectivity index (χ0) is 23.9. The summed E-state index contributed by atoms with van der Waals surface area (Å²) in [5, 5.41) is 20.7. The molecule has 9 heteroatoms. The summed E-state index contributed by atoms with van der Waals surface area (Å²) >= 11 is 0. The Kier molecular flexibility index (Phi) is 8.44. The highest BCUT2D eigenvalue weighted by Gasteiger charge is 2.29. The molecule has 0 aromatic carbocycles. The fraction of sp³-hybridized carbons (Fsp3) is 0.560. The van der Waals surface area contributed by atoms with Crippen LogP contribution < -0.4 is 0 Å². The molecule has 0 bridgehead atoms. The van der Waals surface area contributed by atoms with Crippen LogP contribution in [-0.4, -0.2) is 108 Å². The molecule has 1 aliphatic carbocycles. The van der Waals surface area contributed by atoms with Gasteiger partial charge in [0.1, 0.15) is 11.4 Å². The van der Waals surface area contributed by atoms with Gasteiger partial charge in [0.15, 0.2) is 5.78 Å². The van der Waals surface area contributed by atoms with Gasteiger partial charge in [0.05, 0.1) is 25.3 Å². The highest BCUT2D eigenvalue weighted by Crippen LogP contribution is 2.36. The maximum atomic E-state index is 12.9. The number of fused-ring (bicyclic) bond motifs is 1. The normalized spacial score (nSPS) is 20.8. The topological polar surface area (TPSA) is 103 Å². The van der Waals surface area contributed by atoms with Crippen molar-refractivity contribution in [1.82, 2.24) is 19.4 Å². The lowest BCUT2D eigenvalue weighted by Crippen LogP contribution is -2.47. The first-order valence-electron chi connectivity index (χ1n) is 12.0. The second kappa shape index (κ2) is 11.7. The second-order valence-electron chi connectivity index (χ2n) is 8.97. The molecule has 184 valence electrons. The average molecular weight is 470 g/mol. The van der Waals surface area contributed by atoms with Crippen LogP contribution in [0.3, 0.4) is 0 Å². The molecule has 2 aliphatic rings. The van der Waals surface area contributed by atoms with Gasteiger partial charge in [-0.1, -0.05) is 0 Å². The van der Waals surface area contributed by atoms with Crippen molar-refractivity contribution in [2.45, 2.75) is 25.3 Å². The van der Waals surface area contributed by atoms with Crippen molar-refractivity contribution < 1.29 is 19.7 Å². The Morgan fingerprint density at radius 1 is 1.15 bits per heavy atom. The minimum Gasteiger partial charge on any atom is -0.511 e. The average Bonchev–Trinajstić information content (AvgIpc) is 3.26. The van der Waals surface area contributed by atoms with Crippen molar-refractivity contribution in [2.75, 3.05) is 66.1 Å². The Balaban J connectivity index is 1.36. The maximum Gasteiger partial charge on any atom is 0.168 e. The van der Waals surface area contributed by atoms with Gasteiger partial charge in [-0.05, 0) is 23.6 Å². The number of carbonyl (C=O) groups excluding carboxylic acids is 1. The zero-order valence-corrected chi connectivity index (χ0v) is 19.9. The standard InChI is InChI=1S/C25H35N5O4/c1-34-15-13-30-6-3-21-20(2-4-27-25(21)30)19-16-23(32)22(24(33)17-19)18-26-5-7-28-8-10-29(11-9-28)12-14-31/h2-4,6,18-19,31-32H,5,7-17H2,1H3. The molecule has 1 fully saturated rings. The number of piperazine rings is 1. The predicted octanol–water partition coefficient (Wildman–Crippen LogP) is 1.62. The van der Waals surface area contributed by atoms with Gasteiger partial charge in [-0.3, -0.25) is 19.6 Å². The van der Waals surface area contributed by atoms with Gasteiger partial charge < -0.3 is 19.5 Å². The number of rotatable bonds is 10. The van der Waals surface area contributed by atoms with Crippen molar-refractivity contribution in [3.8, 4) is 0 Å². The minimum absolute atomic E-state index is 0.0705. The molecule has 0 radical (unpaired) electrons. The van der Waals surface area contributed by atoms with Crippen molar-refractivity contribution in [1.29, 1.82) is 0 Å². The Morgan fingerprint density at radius 2 is 1.91 bits per heavy atom. The summed E-state index contributed by atoms with van der Waals surface area (Å²) in [5.74, 6) is -0.0334. The second-order valence-corrected chi connectivity index (χ2v) is 8.97. The number of hydrogen-bond acceptors (Lipinski definition) is 8. The molecule has 0 saturated carbocycles. The van der Waals surface area contributed by atoms with Crippen molar-refractivity contribution in [3.05, 3.63) is 41.4 Å². The van der Waals surface area contributed by atoms with E-state index < -0.39 is 0 Å². The van der Waals surface area contributed by atoms with Crippen LogP contribution in [0.4, 0.5) is 0 Å².